The lowest BCUT2D eigenvalue weighted by Crippen LogP contribution is -1.97. The van der Waals surface area contributed by atoms with E-state index in [-0.39, 0.29) is 0 Å². The summed E-state index contributed by atoms with van der Waals surface area (Å²) in [5.74, 6) is 2.30. The maximum absolute atomic E-state index is 10.5. The van der Waals surface area contributed by atoms with Gasteiger partial charge in [0.1, 0.15) is 17.2 Å². The van der Waals surface area contributed by atoms with Gasteiger partial charge in [0.15, 0.2) is 0 Å². The Morgan fingerprint density at radius 2 is 1.19 bits per heavy atom. The van der Waals surface area contributed by atoms with Crippen LogP contribution in [0.25, 0.3) is 0 Å². The predicted molar refractivity (Wildman–Crippen MR) is 106 cm³/mol. The molecular formula is C23H29O3. The van der Waals surface area contributed by atoms with E-state index in [0.717, 1.165) is 24.5 Å². The molecular weight excluding hydrogens is 324 g/mol. The number of ether oxygens (including phenoxy) is 2. The van der Waals surface area contributed by atoms with E-state index in [1.165, 1.54) is 44.9 Å². The summed E-state index contributed by atoms with van der Waals surface area (Å²) in [6.45, 7) is 3.01. The zero-order chi connectivity index (χ0) is 18.5. The van der Waals surface area contributed by atoms with Gasteiger partial charge in [-0.25, -0.2) is 0 Å². The standard InChI is InChI=1S/C23H29O3/c1-2-3-4-5-6-7-8-9-18-25-21-14-16-23(17-15-21)26-22-12-10-20(19-24)11-13-22/h10-17H,2-9,18H2,1H3. The second-order valence-electron chi connectivity index (χ2n) is 6.52. The molecule has 0 fully saturated rings. The van der Waals surface area contributed by atoms with E-state index >= 15 is 0 Å². The van der Waals surface area contributed by atoms with E-state index in [1.54, 1.807) is 24.3 Å². The Hall–Kier alpha value is -2.29. The van der Waals surface area contributed by atoms with Crippen LogP contribution in [0.1, 0.15) is 63.9 Å². The van der Waals surface area contributed by atoms with Crippen molar-refractivity contribution in [2.45, 2.75) is 58.3 Å². The quantitative estimate of drug-likeness (QED) is 0.388. The molecule has 0 aromatic heterocycles. The number of benzene rings is 2. The van der Waals surface area contributed by atoms with Crippen LogP contribution in [0.3, 0.4) is 0 Å². The highest BCUT2D eigenvalue weighted by molar-refractivity contribution is 5.75. The van der Waals surface area contributed by atoms with E-state index in [4.69, 9.17) is 9.47 Å². The topological polar surface area (TPSA) is 35.5 Å². The molecule has 26 heavy (non-hydrogen) atoms. The fourth-order valence-electron chi connectivity index (χ4n) is 2.76. The third-order valence-corrected chi connectivity index (χ3v) is 4.30. The Labute approximate surface area is 157 Å². The van der Waals surface area contributed by atoms with Gasteiger partial charge in [0.25, 0.3) is 0 Å². The molecule has 0 N–H and O–H groups in total. The molecule has 0 aliphatic heterocycles. The average molecular weight is 353 g/mol. The Kier molecular flexibility index (Phi) is 9.34. The monoisotopic (exact) mass is 353 g/mol. The second kappa shape index (κ2) is 12.1. The van der Waals surface area contributed by atoms with Gasteiger partial charge in [-0.05, 0) is 55.0 Å². The minimum Gasteiger partial charge on any atom is -0.494 e. The molecule has 0 unspecified atom stereocenters. The second-order valence-corrected chi connectivity index (χ2v) is 6.52. The number of rotatable bonds is 13. The van der Waals surface area contributed by atoms with Gasteiger partial charge >= 0.3 is 0 Å². The fourth-order valence-corrected chi connectivity index (χ4v) is 2.76. The van der Waals surface area contributed by atoms with Crippen molar-refractivity contribution in [2.24, 2.45) is 0 Å². The summed E-state index contributed by atoms with van der Waals surface area (Å²) in [6, 6.07) is 14.5. The Balaban J connectivity index is 1.62. The summed E-state index contributed by atoms with van der Waals surface area (Å²) in [5, 5.41) is 0. The van der Waals surface area contributed by atoms with Crippen LogP contribution in [-0.2, 0) is 4.79 Å². The zero-order valence-corrected chi connectivity index (χ0v) is 15.7. The average Bonchev–Trinajstić information content (AvgIpc) is 2.68. The molecule has 0 atom stereocenters. The minimum absolute atomic E-state index is 0.516. The van der Waals surface area contributed by atoms with Crippen LogP contribution >= 0.6 is 0 Å². The molecule has 2 rings (SSSR count). The summed E-state index contributed by atoms with van der Waals surface area (Å²) in [4.78, 5) is 10.5. The van der Waals surface area contributed by atoms with Crippen LogP contribution in [0.4, 0.5) is 0 Å². The van der Waals surface area contributed by atoms with Crippen molar-refractivity contribution in [3.63, 3.8) is 0 Å². The van der Waals surface area contributed by atoms with E-state index in [9.17, 15) is 4.79 Å². The third-order valence-electron chi connectivity index (χ3n) is 4.30. The zero-order valence-electron chi connectivity index (χ0n) is 15.7. The van der Waals surface area contributed by atoms with Gasteiger partial charge in [-0.15, -0.1) is 0 Å². The van der Waals surface area contributed by atoms with Gasteiger partial charge in [0.05, 0.1) is 6.61 Å². The van der Waals surface area contributed by atoms with Crippen molar-refractivity contribution in [2.75, 3.05) is 6.61 Å². The van der Waals surface area contributed by atoms with Crippen molar-refractivity contribution in [1.82, 2.24) is 0 Å². The lowest BCUT2D eigenvalue weighted by Gasteiger charge is -2.09. The Morgan fingerprint density at radius 1 is 0.692 bits per heavy atom. The molecule has 0 amide bonds. The van der Waals surface area contributed by atoms with Gasteiger partial charge in [-0.1, -0.05) is 51.9 Å². The van der Waals surface area contributed by atoms with Gasteiger partial charge < -0.3 is 9.47 Å². The maximum Gasteiger partial charge on any atom is 0.233 e. The highest BCUT2D eigenvalue weighted by Crippen LogP contribution is 2.24. The molecule has 139 valence electrons. The molecule has 1 radical (unpaired) electrons. The van der Waals surface area contributed by atoms with Crippen LogP contribution in [0, 0.1) is 0 Å². The first-order valence-electron chi connectivity index (χ1n) is 9.71. The fraction of sp³-hybridized carbons (Fsp3) is 0.435. The molecule has 2 aromatic carbocycles. The van der Waals surface area contributed by atoms with Gasteiger partial charge in [-0.2, -0.15) is 0 Å². The van der Waals surface area contributed by atoms with Gasteiger partial charge in [0, 0.05) is 5.56 Å². The van der Waals surface area contributed by atoms with Crippen molar-refractivity contribution >= 4 is 6.29 Å². The third kappa shape index (κ3) is 7.73. The first-order chi connectivity index (χ1) is 12.8. The summed E-state index contributed by atoms with van der Waals surface area (Å²) in [7, 11) is 0. The summed E-state index contributed by atoms with van der Waals surface area (Å²) in [6.07, 6.45) is 12.3. The number of hydrogen-bond acceptors (Lipinski definition) is 3. The highest BCUT2D eigenvalue weighted by atomic mass is 16.5. The highest BCUT2D eigenvalue weighted by Gasteiger charge is 2.00. The minimum atomic E-state index is 0.516. The molecule has 0 aliphatic rings. The molecule has 0 bridgehead atoms. The van der Waals surface area contributed by atoms with Crippen LogP contribution < -0.4 is 9.47 Å². The number of hydrogen-bond donors (Lipinski definition) is 0. The van der Waals surface area contributed by atoms with Crippen molar-refractivity contribution in [1.29, 1.82) is 0 Å². The van der Waals surface area contributed by atoms with E-state index < -0.39 is 0 Å². The van der Waals surface area contributed by atoms with Crippen molar-refractivity contribution < 1.29 is 14.3 Å². The number of carbonyl (C=O) groups excluding carboxylic acids is 1. The SMILES string of the molecule is CCCCCCCCCCOc1ccc(Oc2ccc([C]=O)cc2)cc1. The summed E-state index contributed by atoms with van der Waals surface area (Å²) in [5.41, 5.74) is 0.516. The first-order valence-corrected chi connectivity index (χ1v) is 9.71. The lowest BCUT2D eigenvalue weighted by atomic mass is 10.1. The van der Waals surface area contributed by atoms with Crippen molar-refractivity contribution in [3.05, 3.63) is 54.1 Å². The first kappa shape index (κ1) is 20.0. The molecule has 0 aliphatic carbocycles. The predicted octanol–water partition coefficient (Wildman–Crippen LogP) is 6.46. The summed E-state index contributed by atoms with van der Waals surface area (Å²) < 4.78 is 11.5. The maximum atomic E-state index is 10.5. The smallest absolute Gasteiger partial charge is 0.233 e. The lowest BCUT2D eigenvalue weighted by molar-refractivity contribution is 0.304. The molecule has 0 spiro atoms. The van der Waals surface area contributed by atoms with Crippen LogP contribution in [0.15, 0.2) is 48.5 Å². The normalized spacial score (nSPS) is 10.5. The Morgan fingerprint density at radius 3 is 1.77 bits per heavy atom. The molecule has 0 saturated heterocycles. The van der Waals surface area contributed by atoms with Crippen molar-refractivity contribution in [3.8, 4) is 17.2 Å². The van der Waals surface area contributed by atoms with E-state index in [2.05, 4.69) is 6.92 Å². The molecule has 3 nitrogen and oxygen atoms in total. The molecule has 3 heteroatoms. The van der Waals surface area contributed by atoms with Crippen LogP contribution in [0.2, 0.25) is 0 Å². The Bertz CT molecular complexity index is 617. The van der Waals surface area contributed by atoms with Gasteiger partial charge in [0.2, 0.25) is 6.29 Å². The van der Waals surface area contributed by atoms with E-state index in [1.807, 2.05) is 30.6 Å². The van der Waals surface area contributed by atoms with Gasteiger partial charge in [-0.3, -0.25) is 4.79 Å². The summed E-state index contributed by atoms with van der Waals surface area (Å²) >= 11 is 0. The number of unbranched alkanes of at least 4 members (excludes halogenated alkanes) is 7. The van der Waals surface area contributed by atoms with Crippen LogP contribution in [0.5, 0.6) is 17.2 Å². The molecule has 0 heterocycles. The molecule has 0 saturated carbocycles. The van der Waals surface area contributed by atoms with Crippen LogP contribution in [-0.4, -0.2) is 12.9 Å². The largest absolute Gasteiger partial charge is 0.494 e. The van der Waals surface area contributed by atoms with E-state index in [0.29, 0.717) is 11.3 Å². The molecule has 2 aromatic rings.